The van der Waals surface area contributed by atoms with Gasteiger partial charge in [0.15, 0.2) is 5.82 Å². The predicted molar refractivity (Wildman–Crippen MR) is 150 cm³/mol. The second kappa shape index (κ2) is 11.3. The van der Waals surface area contributed by atoms with Crippen LogP contribution < -0.4 is 26.2 Å². The minimum absolute atomic E-state index is 0.287. The average molecular weight is 566 g/mol. The molecule has 14 nitrogen and oxygen atoms in total. The second-order valence-electron chi connectivity index (χ2n) is 9.88. The summed E-state index contributed by atoms with van der Waals surface area (Å²) < 4.78 is 28.5. The van der Waals surface area contributed by atoms with Gasteiger partial charge in [0.2, 0.25) is 5.78 Å². The smallest absolute Gasteiger partial charge is 0.343 e. The molecule has 5 heterocycles. The molecule has 1 aromatic carbocycles. The van der Waals surface area contributed by atoms with E-state index in [1.165, 1.54) is 11.1 Å². The number of piperazine rings is 1. The van der Waals surface area contributed by atoms with E-state index in [0.29, 0.717) is 79.5 Å². The Balaban J connectivity index is 1.14. The number of hydrogen-bond donors (Lipinski definition) is 2. The number of H-pyrrole nitrogens is 1. The third-order valence-corrected chi connectivity index (χ3v) is 7.36. The zero-order valence-corrected chi connectivity index (χ0v) is 22.9. The van der Waals surface area contributed by atoms with Gasteiger partial charge in [-0.1, -0.05) is 0 Å². The maximum atomic E-state index is 14.8. The molecule has 3 N–H and O–H groups in total. The number of anilines is 2. The Kier molecular flexibility index (Phi) is 7.38. The van der Waals surface area contributed by atoms with E-state index in [-0.39, 0.29) is 17.7 Å². The van der Waals surface area contributed by atoms with Gasteiger partial charge < -0.3 is 14.4 Å². The number of aliphatic imine (C=N–C) groups is 1. The van der Waals surface area contributed by atoms with Crippen LogP contribution in [0.4, 0.5) is 15.9 Å². The highest BCUT2D eigenvalue weighted by atomic mass is 19.1. The summed E-state index contributed by atoms with van der Waals surface area (Å²) in [6, 6.07) is 4.94. The summed E-state index contributed by atoms with van der Waals surface area (Å²) in [5, 5.41) is 4.35. The standard InChI is InChI=1S/C26H32FN11O3/c1-17-31-22(20-16-29-5-6-30-20)23-24(37(17)28)32-25-36(26(39)33-38(23)25)12-9-34-7-10-35(11-8-34)21-4-3-18(15-19(21)27)41-14-13-40-2/h3-6,15-17H,7-14,28H2,1-2H3,(H,33,39). The third-order valence-electron chi connectivity index (χ3n) is 7.36. The fraction of sp³-hybridized carbons (Fsp3) is 0.423. The highest BCUT2D eigenvalue weighted by Crippen LogP contribution is 2.28. The van der Waals surface area contributed by atoms with E-state index in [4.69, 9.17) is 20.3 Å². The van der Waals surface area contributed by atoms with Crippen molar-refractivity contribution in [2.45, 2.75) is 19.6 Å². The van der Waals surface area contributed by atoms with Crippen LogP contribution >= 0.6 is 0 Å². The summed E-state index contributed by atoms with van der Waals surface area (Å²) in [5.74, 6) is 7.40. The van der Waals surface area contributed by atoms with E-state index < -0.39 is 0 Å². The van der Waals surface area contributed by atoms with Crippen LogP contribution in [0.5, 0.6) is 5.75 Å². The fourth-order valence-corrected chi connectivity index (χ4v) is 5.15. The molecule has 2 aliphatic heterocycles. The normalized spacial score (nSPS) is 17.7. The van der Waals surface area contributed by atoms with Gasteiger partial charge in [0.1, 0.15) is 41.4 Å². The number of ether oxygens (including phenoxy) is 2. The Morgan fingerprint density at radius 3 is 2.71 bits per heavy atom. The van der Waals surface area contributed by atoms with Gasteiger partial charge in [0, 0.05) is 64.8 Å². The molecule has 6 rings (SSSR count). The Morgan fingerprint density at radius 1 is 1.15 bits per heavy atom. The molecule has 0 saturated carbocycles. The number of methoxy groups -OCH3 is 1. The molecule has 2 aliphatic rings. The number of halogens is 1. The van der Waals surface area contributed by atoms with E-state index in [2.05, 4.69) is 25.0 Å². The number of hydrazine groups is 1. The number of nitrogens with one attached hydrogen (secondary N) is 1. The minimum atomic E-state index is -0.375. The van der Waals surface area contributed by atoms with Crippen LogP contribution in [-0.4, -0.2) is 99.0 Å². The number of nitrogens with two attached hydrogens (primary N) is 1. The summed E-state index contributed by atoms with van der Waals surface area (Å²) in [7, 11) is 1.59. The quantitative estimate of drug-likeness (QED) is 0.217. The number of imidazole rings is 1. The Labute approximate surface area is 234 Å². The number of fused-ring (bicyclic) bond motifs is 3. The Bertz CT molecular complexity index is 1610. The van der Waals surface area contributed by atoms with Crippen LogP contribution in [0.2, 0.25) is 0 Å². The van der Waals surface area contributed by atoms with Crippen molar-refractivity contribution in [3.63, 3.8) is 0 Å². The molecule has 41 heavy (non-hydrogen) atoms. The summed E-state index contributed by atoms with van der Waals surface area (Å²) in [5.41, 5.74) is 1.94. The van der Waals surface area contributed by atoms with E-state index in [9.17, 15) is 9.18 Å². The largest absolute Gasteiger partial charge is 0.491 e. The molecule has 15 heteroatoms. The molecule has 3 aromatic heterocycles. The van der Waals surface area contributed by atoms with E-state index in [1.54, 1.807) is 46.9 Å². The second-order valence-corrected chi connectivity index (χ2v) is 9.88. The summed E-state index contributed by atoms with van der Waals surface area (Å²) >= 11 is 0. The van der Waals surface area contributed by atoms with Gasteiger partial charge in [-0.05, 0) is 19.1 Å². The van der Waals surface area contributed by atoms with Crippen molar-refractivity contribution < 1.29 is 13.9 Å². The van der Waals surface area contributed by atoms with Gasteiger partial charge in [-0.3, -0.25) is 29.4 Å². The molecule has 0 amide bonds. The number of hydrogen-bond acceptors (Lipinski definition) is 11. The van der Waals surface area contributed by atoms with E-state index >= 15 is 0 Å². The molecule has 0 bridgehead atoms. The van der Waals surface area contributed by atoms with Gasteiger partial charge in [0.05, 0.1) is 18.5 Å². The van der Waals surface area contributed by atoms with Crippen LogP contribution in [0.15, 0.2) is 46.6 Å². The zero-order valence-electron chi connectivity index (χ0n) is 22.9. The molecular formula is C26H32FN11O3. The van der Waals surface area contributed by atoms with E-state index in [1.807, 2.05) is 11.8 Å². The fourth-order valence-electron chi connectivity index (χ4n) is 5.15. The molecular weight excluding hydrogens is 533 g/mol. The molecule has 1 saturated heterocycles. The van der Waals surface area contributed by atoms with Crippen LogP contribution in [-0.2, 0) is 11.3 Å². The van der Waals surface area contributed by atoms with Gasteiger partial charge in [-0.15, -0.1) is 0 Å². The third kappa shape index (κ3) is 5.14. The predicted octanol–water partition coefficient (Wildman–Crippen LogP) is 0.478. The van der Waals surface area contributed by atoms with Gasteiger partial charge in [-0.2, -0.15) is 4.98 Å². The summed E-state index contributed by atoms with van der Waals surface area (Å²) in [4.78, 5) is 35.2. The number of aromatic amines is 1. The molecule has 0 radical (unpaired) electrons. The first-order chi connectivity index (χ1) is 19.9. The maximum absolute atomic E-state index is 14.8. The van der Waals surface area contributed by atoms with Crippen molar-refractivity contribution >= 4 is 23.0 Å². The first-order valence-electron chi connectivity index (χ1n) is 13.4. The molecule has 1 atom stereocenters. The Hall–Kier alpha value is -4.34. The molecule has 4 aromatic rings. The number of benzene rings is 1. The first kappa shape index (κ1) is 26.9. The lowest BCUT2D eigenvalue weighted by Gasteiger charge is -2.36. The van der Waals surface area contributed by atoms with Crippen molar-refractivity contribution in [3.05, 3.63) is 64.5 Å². The van der Waals surface area contributed by atoms with Crippen LogP contribution in [0.3, 0.4) is 0 Å². The lowest BCUT2D eigenvalue weighted by atomic mass is 10.1. The van der Waals surface area contributed by atoms with Crippen LogP contribution in [0.1, 0.15) is 18.3 Å². The Morgan fingerprint density at radius 2 is 1.98 bits per heavy atom. The monoisotopic (exact) mass is 565 g/mol. The maximum Gasteiger partial charge on any atom is 0.343 e. The van der Waals surface area contributed by atoms with Crippen molar-refractivity contribution in [1.29, 1.82) is 0 Å². The molecule has 0 aliphatic carbocycles. The number of rotatable bonds is 9. The van der Waals surface area contributed by atoms with Crippen molar-refractivity contribution in [2.24, 2.45) is 10.8 Å². The lowest BCUT2D eigenvalue weighted by molar-refractivity contribution is 0.146. The van der Waals surface area contributed by atoms with Crippen molar-refractivity contribution in [3.8, 4) is 5.75 Å². The molecule has 1 unspecified atom stereocenters. The molecule has 0 spiro atoms. The van der Waals surface area contributed by atoms with Crippen molar-refractivity contribution in [2.75, 3.05) is 63.0 Å². The lowest BCUT2D eigenvalue weighted by Crippen LogP contribution is -2.47. The first-order valence-corrected chi connectivity index (χ1v) is 13.4. The van der Waals surface area contributed by atoms with Gasteiger partial charge in [0.25, 0.3) is 0 Å². The molecule has 1 fully saturated rings. The van der Waals surface area contributed by atoms with E-state index in [0.717, 1.165) is 13.1 Å². The average Bonchev–Trinajstić information content (AvgIpc) is 3.50. The topological polar surface area (TPSA) is 147 Å². The van der Waals surface area contributed by atoms with Gasteiger partial charge in [-0.25, -0.2) is 24.6 Å². The molecule has 216 valence electrons. The number of nitrogens with zero attached hydrogens (tertiary/aromatic N) is 9. The van der Waals surface area contributed by atoms with Crippen LogP contribution in [0.25, 0.3) is 5.78 Å². The SMILES string of the molecule is COCCOc1ccc(N2CCN(CCn3c(=O)[nH]n4c5c(nc34)N(N)C(C)N=C5c3cnccn3)CC2)c(F)c1. The van der Waals surface area contributed by atoms with Crippen LogP contribution in [0, 0.1) is 5.82 Å². The highest BCUT2D eigenvalue weighted by Gasteiger charge is 2.32. The summed E-state index contributed by atoms with van der Waals surface area (Å²) in [6.07, 6.45) is 4.42. The zero-order chi connectivity index (χ0) is 28.5. The number of aromatic nitrogens is 6. The minimum Gasteiger partial charge on any atom is -0.491 e. The highest BCUT2D eigenvalue weighted by molar-refractivity contribution is 6.14. The van der Waals surface area contributed by atoms with Gasteiger partial charge >= 0.3 is 5.69 Å². The van der Waals surface area contributed by atoms with Crippen molar-refractivity contribution in [1.82, 2.24) is 34.0 Å². The summed E-state index contributed by atoms with van der Waals surface area (Å²) in [6.45, 7) is 6.48.